The molecule has 3 heteroatoms. The smallest absolute Gasteiger partial charge is 0.219 e. The van der Waals surface area contributed by atoms with Gasteiger partial charge in [0.25, 0.3) is 0 Å². The second kappa shape index (κ2) is 5.41. The van der Waals surface area contributed by atoms with Gasteiger partial charge >= 0.3 is 0 Å². The number of hydrogen-bond donors (Lipinski definition) is 1. The van der Waals surface area contributed by atoms with Crippen LogP contribution >= 0.6 is 0 Å². The van der Waals surface area contributed by atoms with Crippen molar-refractivity contribution in [2.24, 2.45) is 0 Å². The quantitative estimate of drug-likeness (QED) is 0.912. The highest BCUT2D eigenvalue weighted by atomic mass is 16.5. The van der Waals surface area contributed by atoms with E-state index in [0.29, 0.717) is 11.6 Å². The fourth-order valence-corrected chi connectivity index (χ4v) is 1.89. The summed E-state index contributed by atoms with van der Waals surface area (Å²) in [6, 6.07) is 13.3. The van der Waals surface area contributed by atoms with Crippen molar-refractivity contribution in [3.05, 3.63) is 53.7 Å². The molecule has 0 fully saturated rings. The first-order valence-electron chi connectivity index (χ1n) is 6.35. The van der Waals surface area contributed by atoms with Crippen LogP contribution in [0, 0.1) is 0 Å². The van der Waals surface area contributed by atoms with Crippen molar-refractivity contribution in [3.63, 3.8) is 0 Å². The molecule has 19 heavy (non-hydrogen) atoms. The molecule has 1 aromatic heterocycles. The summed E-state index contributed by atoms with van der Waals surface area (Å²) in [6.45, 7) is 6.35. The SMILES string of the molecule is CC(C)(C)c1ccccc1Oc1cccc(CO)n1. The number of hydrogen-bond acceptors (Lipinski definition) is 3. The molecule has 0 bridgehead atoms. The summed E-state index contributed by atoms with van der Waals surface area (Å²) in [6.07, 6.45) is 0. The van der Waals surface area contributed by atoms with Crippen LogP contribution in [0.3, 0.4) is 0 Å². The van der Waals surface area contributed by atoms with Gasteiger partial charge in [-0.15, -0.1) is 0 Å². The summed E-state index contributed by atoms with van der Waals surface area (Å²) in [5.74, 6) is 1.31. The normalized spacial score (nSPS) is 11.4. The van der Waals surface area contributed by atoms with Gasteiger partial charge in [0.1, 0.15) is 5.75 Å². The van der Waals surface area contributed by atoms with Crippen molar-refractivity contribution in [1.29, 1.82) is 0 Å². The molecule has 0 saturated heterocycles. The number of benzene rings is 1. The minimum atomic E-state index is -0.0852. The number of aliphatic hydroxyl groups is 1. The maximum absolute atomic E-state index is 9.09. The third-order valence-electron chi connectivity index (χ3n) is 2.85. The lowest BCUT2D eigenvalue weighted by atomic mass is 9.86. The molecule has 0 aliphatic heterocycles. The van der Waals surface area contributed by atoms with Gasteiger partial charge in [0.2, 0.25) is 5.88 Å². The van der Waals surface area contributed by atoms with E-state index in [4.69, 9.17) is 9.84 Å². The van der Waals surface area contributed by atoms with Crippen LogP contribution in [-0.2, 0) is 12.0 Å². The summed E-state index contributed by atoms with van der Waals surface area (Å²) in [4.78, 5) is 4.24. The second-order valence-corrected chi connectivity index (χ2v) is 5.47. The van der Waals surface area contributed by atoms with Crippen molar-refractivity contribution in [1.82, 2.24) is 4.98 Å². The molecule has 0 unspecified atom stereocenters. The van der Waals surface area contributed by atoms with Crippen LogP contribution in [0.2, 0.25) is 0 Å². The summed E-state index contributed by atoms with van der Waals surface area (Å²) in [5, 5.41) is 9.09. The summed E-state index contributed by atoms with van der Waals surface area (Å²) >= 11 is 0. The molecule has 0 spiro atoms. The van der Waals surface area contributed by atoms with Gasteiger partial charge in [0.15, 0.2) is 0 Å². The summed E-state index contributed by atoms with van der Waals surface area (Å²) < 4.78 is 5.86. The standard InChI is InChI=1S/C16H19NO2/c1-16(2,3)13-8-4-5-9-14(13)19-15-10-6-7-12(11-18)17-15/h4-10,18H,11H2,1-3H3. The Morgan fingerprint density at radius 1 is 1.05 bits per heavy atom. The van der Waals surface area contributed by atoms with E-state index < -0.39 is 0 Å². The van der Waals surface area contributed by atoms with Gasteiger partial charge in [0.05, 0.1) is 12.3 Å². The van der Waals surface area contributed by atoms with Crippen molar-refractivity contribution < 1.29 is 9.84 Å². The second-order valence-electron chi connectivity index (χ2n) is 5.47. The number of ether oxygens (including phenoxy) is 1. The Hall–Kier alpha value is -1.87. The molecule has 0 aliphatic rings. The van der Waals surface area contributed by atoms with Crippen LogP contribution in [0.25, 0.3) is 0 Å². The first-order valence-corrected chi connectivity index (χ1v) is 6.35. The van der Waals surface area contributed by atoms with Crippen molar-refractivity contribution in [2.75, 3.05) is 0 Å². The van der Waals surface area contributed by atoms with E-state index in [-0.39, 0.29) is 12.0 Å². The molecule has 0 saturated carbocycles. The topological polar surface area (TPSA) is 42.4 Å². The lowest BCUT2D eigenvalue weighted by Crippen LogP contribution is -2.12. The Morgan fingerprint density at radius 3 is 2.47 bits per heavy atom. The van der Waals surface area contributed by atoms with Crippen LogP contribution in [0.1, 0.15) is 32.0 Å². The molecule has 0 amide bonds. The first-order chi connectivity index (χ1) is 9.00. The molecule has 1 N–H and O–H groups in total. The van der Waals surface area contributed by atoms with Gasteiger partial charge in [-0.25, -0.2) is 4.98 Å². The Balaban J connectivity index is 2.33. The first kappa shape index (κ1) is 13.6. The van der Waals surface area contributed by atoms with Crippen LogP contribution < -0.4 is 4.74 Å². The van der Waals surface area contributed by atoms with E-state index in [0.717, 1.165) is 11.3 Å². The fourth-order valence-electron chi connectivity index (χ4n) is 1.89. The predicted octanol–water partition coefficient (Wildman–Crippen LogP) is 3.66. The molecule has 0 aliphatic carbocycles. The monoisotopic (exact) mass is 257 g/mol. The number of aliphatic hydroxyl groups excluding tert-OH is 1. The highest BCUT2D eigenvalue weighted by molar-refractivity contribution is 5.40. The third kappa shape index (κ3) is 3.32. The largest absolute Gasteiger partial charge is 0.439 e. The van der Waals surface area contributed by atoms with Crippen LogP contribution in [0.4, 0.5) is 0 Å². The van der Waals surface area contributed by atoms with E-state index in [1.165, 1.54) is 0 Å². The maximum atomic E-state index is 9.09. The molecule has 2 rings (SSSR count). The predicted molar refractivity (Wildman–Crippen MR) is 75.4 cm³/mol. The molecule has 0 atom stereocenters. The van der Waals surface area contributed by atoms with Crippen molar-refractivity contribution in [2.45, 2.75) is 32.8 Å². The van der Waals surface area contributed by atoms with Crippen LogP contribution in [0.5, 0.6) is 11.6 Å². The highest BCUT2D eigenvalue weighted by Gasteiger charge is 2.18. The fraction of sp³-hybridized carbons (Fsp3) is 0.312. The van der Waals surface area contributed by atoms with E-state index in [1.807, 2.05) is 24.3 Å². The molecule has 1 aromatic carbocycles. The zero-order chi connectivity index (χ0) is 13.9. The number of nitrogens with zero attached hydrogens (tertiary/aromatic N) is 1. The molecule has 1 heterocycles. The molecule has 100 valence electrons. The van der Waals surface area contributed by atoms with Gasteiger partial charge in [-0.05, 0) is 17.5 Å². The molecular formula is C16H19NO2. The van der Waals surface area contributed by atoms with Gasteiger partial charge in [-0.2, -0.15) is 0 Å². The number of pyridine rings is 1. The molecule has 2 aromatic rings. The van der Waals surface area contributed by atoms with Crippen LogP contribution in [0.15, 0.2) is 42.5 Å². The number of rotatable bonds is 3. The highest BCUT2D eigenvalue weighted by Crippen LogP contribution is 2.33. The van der Waals surface area contributed by atoms with Gasteiger partial charge < -0.3 is 9.84 Å². The molecule has 0 radical (unpaired) electrons. The van der Waals surface area contributed by atoms with E-state index in [2.05, 4.69) is 31.8 Å². The lowest BCUT2D eigenvalue weighted by molar-refractivity contribution is 0.275. The van der Waals surface area contributed by atoms with Crippen molar-refractivity contribution >= 4 is 0 Å². The summed E-state index contributed by atoms with van der Waals surface area (Å²) in [5.41, 5.74) is 1.74. The average molecular weight is 257 g/mol. The Kier molecular flexibility index (Phi) is 3.86. The Morgan fingerprint density at radius 2 is 1.79 bits per heavy atom. The lowest BCUT2D eigenvalue weighted by Gasteiger charge is -2.22. The maximum Gasteiger partial charge on any atom is 0.219 e. The van der Waals surface area contributed by atoms with Crippen LogP contribution in [-0.4, -0.2) is 10.1 Å². The molecular weight excluding hydrogens is 238 g/mol. The zero-order valence-corrected chi connectivity index (χ0v) is 11.6. The van der Waals surface area contributed by atoms with Gasteiger partial charge in [0, 0.05) is 11.6 Å². The minimum absolute atomic E-state index is 0.00514. The minimum Gasteiger partial charge on any atom is -0.439 e. The Labute approximate surface area is 113 Å². The van der Waals surface area contributed by atoms with E-state index in [1.54, 1.807) is 12.1 Å². The van der Waals surface area contributed by atoms with Gasteiger partial charge in [-0.1, -0.05) is 45.0 Å². The zero-order valence-electron chi connectivity index (χ0n) is 11.6. The van der Waals surface area contributed by atoms with E-state index in [9.17, 15) is 0 Å². The Bertz CT molecular complexity index is 559. The average Bonchev–Trinajstić information content (AvgIpc) is 2.38. The van der Waals surface area contributed by atoms with E-state index >= 15 is 0 Å². The number of aromatic nitrogens is 1. The van der Waals surface area contributed by atoms with Crippen molar-refractivity contribution in [3.8, 4) is 11.6 Å². The van der Waals surface area contributed by atoms with Gasteiger partial charge in [-0.3, -0.25) is 0 Å². The summed E-state index contributed by atoms with van der Waals surface area (Å²) in [7, 11) is 0. The number of para-hydroxylation sites is 1. The third-order valence-corrected chi connectivity index (χ3v) is 2.85. The molecule has 3 nitrogen and oxygen atoms in total.